The summed E-state index contributed by atoms with van der Waals surface area (Å²) in [6.45, 7) is 0. The lowest BCUT2D eigenvalue weighted by molar-refractivity contribution is 0.566. The van der Waals surface area contributed by atoms with Crippen LogP contribution in [0.2, 0.25) is 0 Å². The summed E-state index contributed by atoms with van der Waals surface area (Å²) in [6, 6.07) is 13.5. The maximum atomic E-state index is 13.5. The normalized spacial score (nSPS) is 10.9. The molecule has 19 heavy (non-hydrogen) atoms. The molecule has 2 aromatic rings. The first-order valence-electron chi connectivity index (χ1n) is 5.50. The van der Waals surface area contributed by atoms with Crippen LogP contribution < -0.4 is 0 Å². The van der Waals surface area contributed by atoms with Crippen LogP contribution >= 0.6 is 0 Å². The van der Waals surface area contributed by atoms with Gasteiger partial charge in [-0.25, -0.2) is 12.8 Å². The third-order valence-corrected chi connectivity index (χ3v) is 4.35. The Kier molecular flexibility index (Phi) is 3.63. The molecule has 0 heterocycles. The summed E-state index contributed by atoms with van der Waals surface area (Å²) in [5, 5.41) is 8.92. The zero-order valence-corrected chi connectivity index (χ0v) is 10.7. The van der Waals surface area contributed by atoms with E-state index in [0.717, 1.165) is 6.07 Å². The number of nitriles is 1. The molecule has 0 aliphatic carbocycles. The Bertz CT molecular complexity index is 748. The van der Waals surface area contributed by atoms with E-state index in [1.807, 2.05) is 6.07 Å². The fourth-order valence-corrected chi connectivity index (χ4v) is 3.20. The van der Waals surface area contributed by atoms with Gasteiger partial charge < -0.3 is 0 Å². The van der Waals surface area contributed by atoms with Crippen molar-refractivity contribution in [1.82, 2.24) is 0 Å². The van der Waals surface area contributed by atoms with Gasteiger partial charge in [-0.2, -0.15) is 5.26 Å². The molecule has 3 nitrogen and oxygen atoms in total. The standard InChI is InChI=1S/C14H10FNO2S/c15-13-7-3-4-8-14(13)19(17,18)10-12-6-2-1-5-11(12)9-16/h1-8H,10H2. The van der Waals surface area contributed by atoms with E-state index in [0.29, 0.717) is 5.56 Å². The van der Waals surface area contributed by atoms with E-state index in [9.17, 15) is 12.8 Å². The summed E-state index contributed by atoms with van der Waals surface area (Å²) in [5.41, 5.74) is 0.649. The Morgan fingerprint density at radius 2 is 1.68 bits per heavy atom. The topological polar surface area (TPSA) is 57.9 Å². The Labute approximate surface area is 110 Å². The first-order chi connectivity index (χ1) is 9.04. The van der Waals surface area contributed by atoms with Gasteiger partial charge in [0.15, 0.2) is 9.84 Å². The molecule has 0 atom stereocenters. The van der Waals surface area contributed by atoms with Crippen LogP contribution in [-0.2, 0) is 15.6 Å². The van der Waals surface area contributed by atoms with Crippen molar-refractivity contribution in [1.29, 1.82) is 5.26 Å². The lowest BCUT2D eigenvalue weighted by atomic mass is 10.1. The van der Waals surface area contributed by atoms with Gasteiger partial charge in [-0.15, -0.1) is 0 Å². The van der Waals surface area contributed by atoms with Crippen LogP contribution in [0.3, 0.4) is 0 Å². The van der Waals surface area contributed by atoms with Crippen molar-refractivity contribution in [3.8, 4) is 6.07 Å². The fraction of sp³-hybridized carbons (Fsp3) is 0.0714. The molecule has 0 spiro atoms. The summed E-state index contributed by atoms with van der Waals surface area (Å²) < 4.78 is 37.8. The van der Waals surface area contributed by atoms with Crippen molar-refractivity contribution < 1.29 is 12.8 Å². The molecular formula is C14H10FNO2S. The molecule has 0 unspecified atom stereocenters. The Hall–Kier alpha value is -2.19. The number of halogens is 1. The minimum absolute atomic E-state index is 0.280. The minimum atomic E-state index is -3.80. The fourth-order valence-electron chi connectivity index (χ4n) is 1.73. The third kappa shape index (κ3) is 2.80. The van der Waals surface area contributed by atoms with E-state index in [4.69, 9.17) is 5.26 Å². The molecule has 0 amide bonds. The van der Waals surface area contributed by atoms with Crippen molar-refractivity contribution in [3.05, 3.63) is 65.5 Å². The highest BCUT2D eigenvalue weighted by Gasteiger charge is 2.20. The summed E-state index contributed by atoms with van der Waals surface area (Å²) >= 11 is 0. The molecular weight excluding hydrogens is 265 g/mol. The van der Waals surface area contributed by atoms with Gasteiger partial charge in [-0.3, -0.25) is 0 Å². The predicted octanol–water partition coefficient (Wildman–Crippen LogP) is 2.67. The monoisotopic (exact) mass is 275 g/mol. The SMILES string of the molecule is N#Cc1ccccc1CS(=O)(=O)c1ccccc1F. The summed E-state index contributed by atoms with van der Waals surface area (Å²) in [7, 11) is -3.80. The Morgan fingerprint density at radius 3 is 2.37 bits per heavy atom. The van der Waals surface area contributed by atoms with Gasteiger partial charge in [0.1, 0.15) is 10.7 Å². The van der Waals surface area contributed by atoms with Gasteiger partial charge in [-0.1, -0.05) is 30.3 Å². The second-order valence-electron chi connectivity index (χ2n) is 3.96. The van der Waals surface area contributed by atoms with Gasteiger partial charge in [0.25, 0.3) is 0 Å². The largest absolute Gasteiger partial charge is 0.223 e. The van der Waals surface area contributed by atoms with Crippen molar-refractivity contribution in [3.63, 3.8) is 0 Å². The summed E-state index contributed by atoms with van der Waals surface area (Å²) in [5.74, 6) is -1.17. The summed E-state index contributed by atoms with van der Waals surface area (Å²) in [4.78, 5) is -0.345. The number of hydrogen-bond acceptors (Lipinski definition) is 3. The van der Waals surface area contributed by atoms with Gasteiger partial charge in [-0.05, 0) is 23.8 Å². The first kappa shape index (κ1) is 13.2. The van der Waals surface area contributed by atoms with Crippen LogP contribution in [-0.4, -0.2) is 8.42 Å². The molecule has 5 heteroatoms. The number of nitrogens with zero attached hydrogens (tertiary/aromatic N) is 1. The summed E-state index contributed by atoms with van der Waals surface area (Å²) in [6.07, 6.45) is 0. The molecule has 2 aromatic carbocycles. The van der Waals surface area contributed by atoms with Crippen LogP contribution in [0.15, 0.2) is 53.4 Å². The van der Waals surface area contributed by atoms with Crippen LogP contribution in [0.25, 0.3) is 0 Å². The van der Waals surface area contributed by atoms with Crippen LogP contribution in [0.1, 0.15) is 11.1 Å². The van der Waals surface area contributed by atoms with Gasteiger partial charge in [0, 0.05) is 0 Å². The van der Waals surface area contributed by atoms with Crippen LogP contribution in [0.5, 0.6) is 0 Å². The lowest BCUT2D eigenvalue weighted by Crippen LogP contribution is -2.08. The molecule has 0 radical (unpaired) electrons. The maximum absolute atomic E-state index is 13.5. The van der Waals surface area contributed by atoms with E-state index in [1.54, 1.807) is 18.2 Å². The van der Waals surface area contributed by atoms with E-state index in [-0.39, 0.29) is 10.5 Å². The average Bonchev–Trinajstić information content (AvgIpc) is 2.39. The zero-order valence-electron chi connectivity index (χ0n) is 9.88. The average molecular weight is 275 g/mol. The molecule has 0 aliphatic heterocycles. The van der Waals surface area contributed by atoms with E-state index in [2.05, 4.69) is 0 Å². The Morgan fingerprint density at radius 1 is 1.05 bits per heavy atom. The number of benzene rings is 2. The van der Waals surface area contributed by atoms with Crippen molar-refractivity contribution in [2.24, 2.45) is 0 Å². The molecule has 0 N–H and O–H groups in total. The number of hydrogen-bond donors (Lipinski definition) is 0. The molecule has 0 saturated heterocycles. The number of sulfone groups is 1. The molecule has 2 rings (SSSR count). The molecule has 0 saturated carbocycles. The molecule has 0 aliphatic rings. The third-order valence-electron chi connectivity index (χ3n) is 2.66. The van der Waals surface area contributed by atoms with Gasteiger partial charge in [0.2, 0.25) is 0 Å². The minimum Gasteiger partial charge on any atom is -0.223 e. The van der Waals surface area contributed by atoms with Crippen molar-refractivity contribution in [2.75, 3.05) is 0 Å². The highest BCUT2D eigenvalue weighted by molar-refractivity contribution is 7.90. The van der Waals surface area contributed by atoms with Crippen LogP contribution in [0.4, 0.5) is 4.39 Å². The molecule has 96 valence electrons. The van der Waals surface area contributed by atoms with Crippen molar-refractivity contribution in [2.45, 2.75) is 10.6 Å². The highest BCUT2D eigenvalue weighted by Crippen LogP contribution is 2.20. The second kappa shape index (κ2) is 5.21. The van der Waals surface area contributed by atoms with Gasteiger partial charge in [0.05, 0.1) is 17.4 Å². The van der Waals surface area contributed by atoms with Crippen molar-refractivity contribution >= 4 is 9.84 Å². The number of rotatable bonds is 3. The van der Waals surface area contributed by atoms with E-state index >= 15 is 0 Å². The Balaban J connectivity index is 2.44. The lowest BCUT2D eigenvalue weighted by Gasteiger charge is -2.06. The predicted molar refractivity (Wildman–Crippen MR) is 68.4 cm³/mol. The highest BCUT2D eigenvalue weighted by atomic mass is 32.2. The maximum Gasteiger partial charge on any atom is 0.185 e. The van der Waals surface area contributed by atoms with E-state index < -0.39 is 21.4 Å². The smallest absolute Gasteiger partial charge is 0.185 e. The van der Waals surface area contributed by atoms with Crippen LogP contribution in [0, 0.1) is 17.1 Å². The van der Waals surface area contributed by atoms with E-state index in [1.165, 1.54) is 24.3 Å². The molecule has 0 bridgehead atoms. The first-order valence-corrected chi connectivity index (χ1v) is 7.15. The zero-order chi connectivity index (χ0) is 13.9. The quantitative estimate of drug-likeness (QED) is 0.865. The molecule has 0 aromatic heterocycles. The molecule has 0 fully saturated rings. The van der Waals surface area contributed by atoms with Gasteiger partial charge >= 0.3 is 0 Å². The second-order valence-corrected chi connectivity index (χ2v) is 5.92.